The predicted octanol–water partition coefficient (Wildman–Crippen LogP) is -1.15. The van der Waals surface area contributed by atoms with Crippen molar-refractivity contribution in [1.29, 1.82) is 0 Å². The van der Waals surface area contributed by atoms with Crippen molar-refractivity contribution >= 4 is 11.9 Å². The fraction of sp³-hybridized carbons (Fsp3) is 0.143. The Labute approximate surface area is 143 Å². The molecule has 0 atom stereocenters. The molecule has 0 aliphatic carbocycles. The van der Waals surface area contributed by atoms with Gasteiger partial charge in [-0.15, -0.1) is 0 Å². The average molecular weight is 401 g/mol. The van der Waals surface area contributed by atoms with Crippen molar-refractivity contribution in [2.75, 3.05) is 0 Å². The number of aliphatic carboxylic acids is 2. The molecule has 0 saturated heterocycles. The van der Waals surface area contributed by atoms with Gasteiger partial charge in [0.25, 0.3) is 0 Å². The van der Waals surface area contributed by atoms with Gasteiger partial charge in [-0.2, -0.15) is 0 Å². The van der Waals surface area contributed by atoms with E-state index in [0.717, 1.165) is 13.8 Å². The summed E-state index contributed by atoms with van der Waals surface area (Å²) in [6, 6.07) is 11.4. The smallest absolute Gasteiger partial charge is 0.550 e. The Morgan fingerprint density at radius 2 is 0.864 bits per heavy atom. The molecule has 2 aromatic heterocycles. The first-order valence-corrected chi connectivity index (χ1v) is 5.52. The standard InChI is InChI=1S/2C5H5N.2C2H4O2.H2O.Pd/c2*1-2-4-6-5-3-1;2*1-2(3)4;;/h2*1-5H;2*1H3,(H,3,4);1H2;/q;;;;;+2/p-2. The van der Waals surface area contributed by atoms with E-state index in [2.05, 4.69) is 9.97 Å². The number of carbonyl (C=O) groups is 2. The van der Waals surface area contributed by atoms with Gasteiger partial charge in [-0.25, -0.2) is 0 Å². The molecule has 0 aliphatic rings. The Morgan fingerprint density at radius 3 is 0.909 bits per heavy atom. The molecule has 0 fully saturated rings. The summed E-state index contributed by atoms with van der Waals surface area (Å²) < 4.78 is 0. The van der Waals surface area contributed by atoms with Gasteiger partial charge in [-0.3, -0.25) is 9.97 Å². The van der Waals surface area contributed by atoms with Crippen LogP contribution in [0.2, 0.25) is 0 Å². The Morgan fingerprint density at radius 1 is 0.682 bits per heavy atom. The first-order chi connectivity index (χ1) is 9.46. The second-order valence-corrected chi connectivity index (χ2v) is 3.03. The van der Waals surface area contributed by atoms with Gasteiger partial charge in [-0.1, -0.05) is 12.1 Å². The number of rotatable bonds is 0. The summed E-state index contributed by atoms with van der Waals surface area (Å²) in [6.45, 7) is 1.94. The second-order valence-electron chi connectivity index (χ2n) is 3.03. The van der Waals surface area contributed by atoms with E-state index in [1.54, 1.807) is 24.8 Å². The monoisotopic (exact) mass is 400 g/mol. The zero-order valence-electron chi connectivity index (χ0n) is 12.1. The van der Waals surface area contributed by atoms with E-state index < -0.39 is 11.9 Å². The number of aromatic nitrogens is 2. The van der Waals surface area contributed by atoms with Crippen LogP contribution in [0.5, 0.6) is 0 Å². The molecule has 2 rings (SSSR count). The van der Waals surface area contributed by atoms with E-state index in [1.165, 1.54) is 0 Å². The largest absolute Gasteiger partial charge is 2.00 e. The topological polar surface area (TPSA) is 138 Å². The SMILES string of the molecule is CC(=O)[O-].CC(=O)[O-].O.[Pd+2].c1ccncc1.c1ccncc1. The minimum absolute atomic E-state index is 0. The van der Waals surface area contributed by atoms with Gasteiger partial charge in [-0.05, 0) is 38.1 Å². The van der Waals surface area contributed by atoms with Crippen molar-refractivity contribution in [3.8, 4) is 0 Å². The number of hydrogen-bond donors (Lipinski definition) is 0. The Hall–Kier alpha value is -2.14. The fourth-order valence-electron chi connectivity index (χ4n) is 0.625. The summed E-state index contributed by atoms with van der Waals surface area (Å²) >= 11 is 0. The Kier molecular flexibility index (Phi) is 30.5. The summed E-state index contributed by atoms with van der Waals surface area (Å²) in [7, 11) is 0. The van der Waals surface area contributed by atoms with Gasteiger partial charge in [0.1, 0.15) is 0 Å². The van der Waals surface area contributed by atoms with E-state index in [-0.39, 0.29) is 25.9 Å². The quantitative estimate of drug-likeness (QED) is 0.512. The molecule has 2 aromatic rings. The van der Waals surface area contributed by atoms with E-state index in [9.17, 15) is 0 Å². The molecule has 0 unspecified atom stereocenters. The number of pyridine rings is 2. The Bertz CT molecular complexity index is 339. The molecule has 0 spiro atoms. The molecule has 8 heteroatoms. The number of carboxylic acid groups (broad SMARTS) is 2. The third-order valence-corrected chi connectivity index (χ3v) is 1.13. The second kappa shape index (κ2) is 23.9. The van der Waals surface area contributed by atoms with Crippen molar-refractivity contribution in [3.05, 3.63) is 61.2 Å². The maximum absolute atomic E-state index is 8.89. The molecule has 124 valence electrons. The summed E-state index contributed by atoms with van der Waals surface area (Å²) in [5.41, 5.74) is 0. The molecule has 0 aliphatic heterocycles. The molecule has 0 radical (unpaired) electrons. The van der Waals surface area contributed by atoms with Crippen LogP contribution in [0, 0.1) is 0 Å². The minimum atomic E-state index is -1.08. The molecule has 0 saturated carbocycles. The van der Waals surface area contributed by atoms with E-state index >= 15 is 0 Å². The van der Waals surface area contributed by atoms with Gasteiger partial charge in [0.2, 0.25) is 0 Å². The molecule has 0 aromatic carbocycles. The van der Waals surface area contributed by atoms with Gasteiger partial charge in [0.15, 0.2) is 0 Å². The maximum atomic E-state index is 8.89. The first-order valence-electron chi connectivity index (χ1n) is 5.52. The van der Waals surface area contributed by atoms with Crippen molar-refractivity contribution < 1.29 is 45.7 Å². The van der Waals surface area contributed by atoms with Crippen molar-refractivity contribution in [2.24, 2.45) is 0 Å². The van der Waals surface area contributed by atoms with Crippen LogP contribution in [0.25, 0.3) is 0 Å². The average Bonchev–Trinajstić information content (AvgIpc) is 2.42. The molecule has 2 N–H and O–H groups in total. The summed E-state index contributed by atoms with van der Waals surface area (Å²) in [4.78, 5) is 25.3. The van der Waals surface area contributed by atoms with Gasteiger partial charge in [0, 0.05) is 36.7 Å². The van der Waals surface area contributed by atoms with Gasteiger partial charge < -0.3 is 25.3 Å². The van der Waals surface area contributed by atoms with Crippen LogP contribution in [-0.2, 0) is 30.0 Å². The number of nitrogens with zero attached hydrogens (tertiary/aromatic N) is 2. The van der Waals surface area contributed by atoms with E-state index in [4.69, 9.17) is 19.8 Å². The molecule has 7 nitrogen and oxygen atoms in total. The number of carboxylic acids is 2. The van der Waals surface area contributed by atoms with Crippen LogP contribution >= 0.6 is 0 Å². The first kappa shape index (κ1) is 28.1. The molecule has 0 amide bonds. The molecule has 2 heterocycles. The van der Waals surface area contributed by atoms with E-state index in [0.29, 0.717) is 0 Å². The zero-order chi connectivity index (χ0) is 15.6. The van der Waals surface area contributed by atoms with Crippen molar-refractivity contribution in [1.82, 2.24) is 9.97 Å². The number of hydrogen-bond acceptors (Lipinski definition) is 6. The van der Waals surface area contributed by atoms with Crippen molar-refractivity contribution in [3.63, 3.8) is 0 Å². The number of carbonyl (C=O) groups excluding carboxylic acids is 2. The third-order valence-electron chi connectivity index (χ3n) is 1.13. The predicted molar refractivity (Wildman–Crippen MR) is 73.4 cm³/mol. The maximum Gasteiger partial charge on any atom is 2.00 e. The van der Waals surface area contributed by atoms with Crippen LogP contribution in [0.15, 0.2) is 61.2 Å². The van der Waals surface area contributed by atoms with Crippen LogP contribution in [0.1, 0.15) is 13.8 Å². The zero-order valence-corrected chi connectivity index (χ0v) is 13.7. The van der Waals surface area contributed by atoms with Crippen LogP contribution in [0.4, 0.5) is 0 Å². The fourth-order valence-corrected chi connectivity index (χ4v) is 0.625. The normalized spacial score (nSPS) is 6.64. The Balaban J connectivity index is -0.0000000975. The van der Waals surface area contributed by atoms with Crippen LogP contribution in [-0.4, -0.2) is 27.4 Å². The molecular formula is C14H18N2O5Pd. The van der Waals surface area contributed by atoms with Gasteiger partial charge >= 0.3 is 20.4 Å². The van der Waals surface area contributed by atoms with Crippen LogP contribution in [0.3, 0.4) is 0 Å². The minimum Gasteiger partial charge on any atom is -0.550 e. The molecule has 22 heavy (non-hydrogen) atoms. The summed E-state index contributed by atoms with van der Waals surface area (Å²) in [5, 5.41) is 17.8. The van der Waals surface area contributed by atoms with Crippen LogP contribution < -0.4 is 10.2 Å². The van der Waals surface area contributed by atoms with E-state index in [1.807, 2.05) is 36.4 Å². The molecular weight excluding hydrogens is 383 g/mol. The summed E-state index contributed by atoms with van der Waals surface area (Å²) in [6.07, 6.45) is 7.00. The third kappa shape index (κ3) is 52.2. The van der Waals surface area contributed by atoms with Gasteiger partial charge in [0.05, 0.1) is 0 Å². The van der Waals surface area contributed by atoms with Crippen molar-refractivity contribution in [2.45, 2.75) is 13.8 Å². The summed E-state index contributed by atoms with van der Waals surface area (Å²) in [5.74, 6) is -2.17. The molecule has 0 bridgehead atoms.